The van der Waals surface area contributed by atoms with Gasteiger partial charge in [-0.05, 0) is 51.4 Å². The summed E-state index contributed by atoms with van der Waals surface area (Å²) in [5.41, 5.74) is 0.0668. The molecule has 0 spiro atoms. The lowest BCUT2D eigenvalue weighted by atomic mass is 9.74. The van der Waals surface area contributed by atoms with Crippen LogP contribution in [-0.2, 0) is 4.79 Å². The summed E-state index contributed by atoms with van der Waals surface area (Å²) in [5.74, 6) is -0.244. The molecule has 3 nitrogen and oxygen atoms in total. The molecule has 0 radical (unpaired) electrons. The molecule has 0 aromatic heterocycles. The minimum Gasteiger partial charge on any atom is -0.317 e. The van der Waals surface area contributed by atoms with Gasteiger partial charge in [0.15, 0.2) is 0 Å². The maximum Gasteiger partial charge on any atom is 0.233 e. The van der Waals surface area contributed by atoms with Gasteiger partial charge in [-0.15, -0.1) is 0 Å². The van der Waals surface area contributed by atoms with Crippen molar-refractivity contribution in [1.82, 2.24) is 5.32 Å². The van der Waals surface area contributed by atoms with Crippen molar-refractivity contribution in [1.29, 1.82) is 0 Å². The highest BCUT2D eigenvalue weighted by molar-refractivity contribution is 5.97. The summed E-state index contributed by atoms with van der Waals surface area (Å²) in [5, 5.41) is 3.32. The molecule has 1 aliphatic rings. The van der Waals surface area contributed by atoms with Gasteiger partial charge in [0.25, 0.3) is 0 Å². The molecule has 0 unspecified atom stereocenters. The Morgan fingerprint density at radius 3 is 2.52 bits per heavy atom. The van der Waals surface area contributed by atoms with E-state index in [0.717, 1.165) is 38.8 Å². The molecular weight excluding hydrogens is 267 g/mol. The van der Waals surface area contributed by atoms with Crippen molar-refractivity contribution in [3.63, 3.8) is 0 Å². The Kier molecular flexibility index (Phi) is 5.34. The maximum atomic E-state index is 14.1. The molecule has 0 bridgehead atoms. The third kappa shape index (κ3) is 3.26. The molecular formula is C17H25FN2O. The molecule has 1 heterocycles. The number of anilines is 1. The first-order valence-electron chi connectivity index (χ1n) is 7.92. The molecule has 1 saturated heterocycles. The molecule has 1 fully saturated rings. The third-order valence-electron chi connectivity index (χ3n) is 4.45. The van der Waals surface area contributed by atoms with Crippen molar-refractivity contribution in [2.45, 2.75) is 39.5 Å². The second-order valence-corrected chi connectivity index (χ2v) is 5.78. The van der Waals surface area contributed by atoms with E-state index >= 15 is 0 Å². The largest absolute Gasteiger partial charge is 0.317 e. The molecule has 1 aromatic carbocycles. The van der Waals surface area contributed by atoms with Gasteiger partial charge in [0, 0.05) is 6.54 Å². The lowest BCUT2D eigenvalue weighted by Gasteiger charge is -2.40. The molecule has 2 rings (SSSR count). The number of amides is 1. The van der Waals surface area contributed by atoms with Gasteiger partial charge in [0.2, 0.25) is 5.91 Å². The summed E-state index contributed by atoms with van der Waals surface area (Å²) in [7, 11) is 0. The van der Waals surface area contributed by atoms with Crippen molar-refractivity contribution < 1.29 is 9.18 Å². The van der Waals surface area contributed by atoms with E-state index in [9.17, 15) is 9.18 Å². The van der Waals surface area contributed by atoms with E-state index in [2.05, 4.69) is 12.2 Å². The Morgan fingerprint density at radius 2 is 1.95 bits per heavy atom. The Hall–Kier alpha value is -1.42. The Labute approximate surface area is 126 Å². The highest BCUT2D eigenvalue weighted by Crippen LogP contribution is 2.37. The lowest BCUT2D eigenvalue weighted by molar-refractivity contribution is -0.130. The van der Waals surface area contributed by atoms with Gasteiger partial charge in [0.05, 0.1) is 11.1 Å². The van der Waals surface area contributed by atoms with Gasteiger partial charge in [-0.3, -0.25) is 4.79 Å². The van der Waals surface area contributed by atoms with Crippen LogP contribution in [0.25, 0.3) is 0 Å². The second kappa shape index (κ2) is 7.03. The van der Waals surface area contributed by atoms with Gasteiger partial charge in [-0.2, -0.15) is 0 Å². The van der Waals surface area contributed by atoms with Crippen LogP contribution in [0.5, 0.6) is 0 Å². The summed E-state index contributed by atoms with van der Waals surface area (Å²) < 4.78 is 14.1. The van der Waals surface area contributed by atoms with E-state index in [4.69, 9.17) is 0 Å². The zero-order chi connectivity index (χ0) is 15.3. The zero-order valence-corrected chi connectivity index (χ0v) is 13.0. The van der Waals surface area contributed by atoms with Crippen LogP contribution in [0.4, 0.5) is 10.1 Å². The van der Waals surface area contributed by atoms with E-state index in [1.165, 1.54) is 6.07 Å². The maximum absolute atomic E-state index is 14.1. The van der Waals surface area contributed by atoms with Crippen LogP contribution < -0.4 is 10.2 Å². The van der Waals surface area contributed by atoms with Crippen LogP contribution >= 0.6 is 0 Å². The van der Waals surface area contributed by atoms with Crippen LogP contribution in [-0.4, -0.2) is 25.5 Å². The number of carbonyl (C=O) groups is 1. The predicted molar refractivity (Wildman–Crippen MR) is 83.9 cm³/mol. The number of rotatable bonds is 5. The second-order valence-electron chi connectivity index (χ2n) is 5.78. The molecule has 4 heteroatoms. The average molecular weight is 292 g/mol. The molecule has 1 amide bonds. The van der Waals surface area contributed by atoms with Crippen LogP contribution in [0.1, 0.15) is 39.5 Å². The average Bonchev–Trinajstić information content (AvgIpc) is 2.51. The Balaban J connectivity index is 2.31. The van der Waals surface area contributed by atoms with E-state index in [-0.39, 0.29) is 17.1 Å². The van der Waals surface area contributed by atoms with Crippen LogP contribution in [0.3, 0.4) is 0 Å². The highest BCUT2D eigenvalue weighted by Gasteiger charge is 2.41. The molecule has 0 atom stereocenters. The Bertz CT molecular complexity index is 478. The summed E-state index contributed by atoms with van der Waals surface area (Å²) in [6.07, 6.45) is 3.52. The zero-order valence-electron chi connectivity index (χ0n) is 13.0. The minimum atomic E-state index is -0.335. The van der Waals surface area contributed by atoms with Crippen LogP contribution in [0.15, 0.2) is 24.3 Å². The highest BCUT2D eigenvalue weighted by atomic mass is 19.1. The summed E-state index contributed by atoms with van der Waals surface area (Å²) >= 11 is 0. The molecule has 21 heavy (non-hydrogen) atoms. The molecule has 116 valence electrons. The van der Waals surface area contributed by atoms with Gasteiger partial charge >= 0.3 is 0 Å². The normalized spacial score (nSPS) is 17.5. The van der Waals surface area contributed by atoms with Crippen LogP contribution in [0.2, 0.25) is 0 Å². The predicted octanol–water partition coefficient (Wildman–Crippen LogP) is 3.35. The molecule has 0 saturated carbocycles. The minimum absolute atomic E-state index is 0.0819. The van der Waals surface area contributed by atoms with Crippen molar-refractivity contribution >= 4 is 11.6 Å². The number of carbonyl (C=O) groups excluding carboxylic acids is 1. The van der Waals surface area contributed by atoms with Gasteiger partial charge in [0.1, 0.15) is 5.82 Å². The quantitative estimate of drug-likeness (QED) is 0.902. The Morgan fingerprint density at radius 1 is 1.29 bits per heavy atom. The first-order valence-corrected chi connectivity index (χ1v) is 7.92. The van der Waals surface area contributed by atoms with Gasteiger partial charge < -0.3 is 10.2 Å². The third-order valence-corrected chi connectivity index (χ3v) is 4.45. The number of nitrogens with one attached hydrogen (secondary N) is 1. The van der Waals surface area contributed by atoms with Crippen LogP contribution in [0, 0.1) is 11.2 Å². The van der Waals surface area contributed by atoms with E-state index in [1.54, 1.807) is 23.1 Å². The number of hydrogen-bond donors (Lipinski definition) is 1. The topological polar surface area (TPSA) is 32.3 Å². The number of hydrogen-bond acceptors (Lipinski definition) is 2. The smallest absolute Gasteiger partial charge is 0.233 e. The number of para-hydroxylation sites is 1. The number of nitrogens with zero attached hydrogens (tertiary/aromatic N) is 1. The van der Waals surface area contributed by atoms with Crippen molar-refractivity contribution in [3.8, 4) is 0 Å². The summed E-state index contributed by atoms with van der Waals surface area (Å²) in [4.78, 5) is 14.7. The fourth-order valence-corrected chi connectivity index (χ4v) is 3.33. The summed E-state index contributed by atoms with van der Waals surface area (Å²) in [6, 6.07) is 6.55. The number of piperidine rings is 1. The summed E-state index contributed by atoms with van der Waals surface area (Å²) in [6.45, 7) is 6.24. The standard InChI is InChI=1S/C17H25FN2O/c1-3-9-17(10-12-19-13-11-17)16(21)20(4-2)15-8-6-5-7-14(15)18/h5-8,19H,3-4,9-13H2,1-2H3. The first kappa shape index (κ1) is 16.0. The van der Waals surface area contributed by atoms with Crippen molar-refractivity contribution in [2.24, 2.45) is 5.41 Å². The van der Waals surface area contributed by atoms with Gasteiger partial charge in [-0.25, -0.2) is 4.39 Å². The van der Waals surface area contributed by atoms with E-state index in [1.807, 2.05) is 6.92 Å². The number of benzene rings is 1. The fraction of sp³-hybridized carbons (Fsp3) is 0.588. The molecule has 0 aliphatic carbocycles. The lowest BCUT2D eigenvalue weighted by Crippen LogP contribution is -2.49. The molecule has 1 N–H and O–H groups in total. The monoisotopic (exact) mass is 292 g/mol. The van der Waals surface area contributed by atoms with Gasteiger partial charge in [-0.1, -0.05) is 25.5 Å². The first-order chi connectivity index (χ1) is 10.1. The molecule has 1 aliphatic heterocycles. The molecule has 1 aromatic rings. The fourth-order valence-electron chi connectivity index (χ4n) is 3.33. The van der Waals surface area contributed by atoms with E-state index < -0.39 is 0 Å². The number of halogens is 1. The van der Waals surface area contributed by atoms with Crippen molar-refractivity contribution in [2.75, 3.05) is 24.5 Å². The SMILES string of the molecule is CCCC1(C(=O)N(CC)c2ccccc2F)CCNCC1. The van der Waals surface area contributed by atoms with E-state index in [0.29, 0.717) is 12.2 Å². The van der Waals surface area contributed by atoms with Crippen molar-refractivity contribution in [3.05, 3.63) is 30.1 Å².